The lowest BCUT2D eigenvalue weighted by Crippen LogP contribution is -2.26. The molecule has 88 valence electrons. The largest absolute Gasteiger partial charge is 0.471 e. The summed E-state index contributed by atoms with van der Waals surface area (Å²) in [6, 6.07) is 0. The van der Waals surface area contributed by atoms with Crippen molar-refractivity contribution < 1.29 is 14.3 Å². The highest BCUT2D eigenvalue weighted by atomic mass is 16.5. The number of nitriles is 1. The van der Waals surface area contributed by atoms with Crippen LogP contribution < -0.4 is 0 Å². The summed E-state index contributed by atoms with van der Waals surface area (Å²) in [5, 5.41) is 8.70. The van der Waals surface area contributed by atoms with Gasteiger partial charge in [0.1, 0.15) is 5.78 Å². The molecule has 1 fully saturated rings. The fourth-order valence-corrected chi connectivity index (χ4v) is 1.89. The van der Waals surface area contributed by atoms with Crippen molar-refractivity contribution in [2.45, 2.75) is 38.8 Å². The minimum absolute atomic E-state index is 0.138. The van der Waals surface area contributed by atoms with Gasteiger partial charge in [0.05, 0.1) is 7.11 Å². The molecule has 4 nitrogen and oxygen atoms in total. The zero-order chi connectivity index (χ0) is 12.4. The fourth-order valence-electron chi connectivity index (χ4n) is 1.89. The van der Waals surface area contributed by atoms with Crippen molar-refractivity contribution in [3.8, 4) is 5.97 Å². The Morgan fingerprint density at radius 1 is 1.69 bits per heavy atom. The molecular weight excluding hydrogens is 205 g/mol. The van der Waals surface area contributed by atoms with Crippen LogP contribution in [0.4, 0.5) is 0 Å². The van der Waals surface area contributed by atoms with Crippen LogP contribution in [0.25, 0.3) is 0 Å². The van der Waals surface area contributed by atoms with E-state index in [9.17, 15) is 4.79 Å². The van der Waals surface area contributed by atoms with E-state index in [1.165, 1.54) is 7.11 Å². The van der Waals surface area contributed by atoms with E-state index in [0.717, 1.165) is 25.5 Å². The van der Waals surface area contributed by atoms with Crippen molar-refractivity contribution in [1.29, 1.82) is 5.26 Å². The molecule has 0 radical (unpaired) electrons. The number of carbonyl (C=O) groups is 2. The van der Waals surface area contributed by atoms with Crippen LogP contribution in [0.2, 0.25) is 12.6 Å². The van der Waals surface area contributed by atoms with Crippen LogP contribution in [0.15, 0.2) is 0 Å². The summed E-state index contributed by atoms with van der Waals surface area (Å²) in [5.74, 6) is 2.79. The molecular formula is C11H18BNO3. The average Bonchev–Trinajstić information content (AvgIpc) is 2.38. The second-order valence-electron chi connectivity index (χ2n) is 3.84. The number of nitrogens with zero attached hydrogens (tertiary/aromatic N) is 1. The lowest BCUT2D eigenvalue weighted by Gasteiger charge is -2.21. The average molecular weight is 223 g/mol. The first-order valence-corrected chi connectivity index (χ1v) is 5.58. The van der Waals surface area contributed by atoms with E-state index in [1.807, 2.05) is 6.92 Å². The molecule has 0 saturated carbocycles. The molecule has 1 unspecified atom stereocenters. The molecule has 1 saturated heterocycles. The van der Waals surface area contributed by atoms with E-state index < -0.39 is 0 Å². The molecule has 0 aromatic rings. The maximum absolute atomic E-state index is 11.3. The van der Waals surface area contributed by atoms with Crippen molar-refractivity contribution in [1.82, 2.24) is 0 Å². The molecule has 0 aliphatic carbocycles. The highest BCUT2D eigenvalue weighted by molar-refractivity contribution is 6.67. The van der Waals surface area contributed by atoms with Gasteiger partial charge in [0.2, 0.25) is 0 Å². The first-order valence-electron chi connectivity index (χ1n) is 5.58. The van der Waals surface area contributed by atoms with Gasteiger partial charge in [-0.3, -0.25) is 9.59 Å². The molecule has 0 N–H and O–H groups in total. The molecule has 0 spiro atoms. The normalized spacial score (nSPS) is 18.8. The Balaban J connectivity index is 0.000000487. The van der Waals surface area contributed by atoms with Gasteiger partial charge < -0.3 is 4.74 Å². The summed E-state index contributed by atoms with van der Waals surface area (Å²) in [4.78, 5) is 20.3. The summed E-state index contributed by atoms with van der Waals surface area (Å²) in [6.07, 6.45) is 4.48. The molecule has 5 heteroatoms. The number of carbonyl (C=O) groups excluding carboxylic acids is 2. The molecule has 0 aromatic carbocycles. The summed E-state index contributed by atoms with van der Waals surface area (Å²) in [6.45, 7) is 2.41. The van der Waals surface area contributed by atoms with Crippen molar-refractivity contribution >= 4 is 19.0 Å². The van der Waals surface area contributed by atoms with Gasteiger partial charge in [-0.2, -0.15) is 0 Å². The SMILES string of the molecule is CCC(=O)C1CCCB(C#N)C1.COC=O. The van der Waals surface area contributed by atoms with Crippen LogP contribution in [-0.4, -0.2) is 26.1 Å². The number of hydrogen-bond donors (Lipinski definition) is 0. The summed E-state index contributed by atoms with van der Waals surface area (Å²) < 4.78 is 3.86. The Labute approximate surface area is 97.0 Å². The van der Waals surface area contributed by atoms with Gasteiger partial charge in [-0.15, -0.1) is 0 Å². The summed E-state index contributed by atoms with van der Waals surface area (Å²) >= 11 is 0. The van der Waals surface area contributed by atoms with Crippen molar-refractivity contribution in [3.05, 3.63) is 0 Å². The van der Waals surface area contributed by atoms with Gasteiger partial charge in [0.25, 0.3) is 13.2 Å². The van der Waals surface area contributed by atoms with Crippen LogP contribution >= 0.6 is 0 Å². The van der Waals surface area contributed by atoms with Gasteiger partial charge in [-0.05, 0) is 12.7 Å². The summed E-state index contributed by atoms with van der Waals surface area (Å²) in [5.41, 5.74) is 0. The Bertz CT molecular complexity index is 262. The maximum atomic E-state index is 11.3. The number of ether oxygens (including phenoxy) is 1. The lowest BCUT2D eigenvalue weighted by atomic mass is 9.40. The third-order valence-corrected chi connectivity index (χ3v) is 2.76. The monoisotopic (exact) mass is 223 g/mol. The molecule has 1 aliphatic heterocycles. The Morgan fingerprint density at radius 3 is 2.75 bits per heavy atom. The maximum Gasteiger partial charge on any atom is 0.292 e. The fraction of sp³-hybridized carbons (Fsp3) is 0.727. The number of ketones is 1. The van der Waals surface area contributed by atoms with Gasteiger partial charge in [-0.25, -0.2) is 5.26 Å². The predicted molar refractivity (Wildman–Crippen MR) is 62.1 cm³/mol. The molecule has 0 amide bonds. The first-order chi connectivity index (χ1) is 7.69. The lowest BCUT2D eigenvalue weighted by molar-refractivity contribution is -0.126. The number of hydrogen-bond acceptors (Lipinski definition) is 4. The zero-order valence-electron chi connectivity index (χ0n) is 9.94. The van der Waals surface area contributed by atoms with Gasteiger partial charge >= 0.3 is 0 Å². The topological polar surface area (TPSA) is 67.2 Å². The van der Waals surface area contributed by atoms with Gasteiger partial charge in [0, 0.05) is 18.3 Å². The van der Waals surface area contributed by atoms with Crippen LogP contribution in [0.1, 0.15) is 26.2 Å². The minimum Gasteiger partial charge on any atom is -0.471 e. The Morgan fingerprint density at radius 2 is 2.31 bits per heavy atom. The van der Waals surface area contributed by atoms with Crippen LogP contribution in [0.3, 0.4) is 0 Å². The minimum atomic E-state index is 0.138. The molecule has 1 rings (SSSR count). The predicted octanol–water partition coefficient (Wildman–Crippen LogP) is 1.72. The quantitative estimate of drug-likeness (QED) is 0.539. The molecule has 1 aliphatic rings. The highest BCUT2D eigenvalue weighted by Gasteiger charge is 2.28. The van der Waals surface area contributed by atoms with Crippen molar-refractivity contribution in [3.63, 3.8) is 0 Å². The van der Waals surface area contributed by atoms with Crippen LogP contribution in [0.5, 0.6) is 0 Å². The summed E-state index contributed by atoms with van der Waals surface area (Å²) in [7, 11) is 1.31. The molecule has 1 atom stereocenters. The molecule has 0 bridgehead atoms. The van der Waals surface area contributed by atoms with Crippen LogP contribution in [-0.2, 0) is 14.3 Å². The van der Waals surface area contributed by atoms with E-state index in [2.05, 4.69) is 10.7 Å². The standard InChI is InChI=1S/C9H14BNO.C2H4O2/c1-2-9(12)8-4-3-5-10(6-8)7-11;1-4-2-3/h8H,2-6H2,1H3;2H,1H3. The number of rotatable bonds is 3. The Kier molecular flexibility index (Phi) is 8.23. The third-order valence-electron chi connectivity index (χ3n) is 2.76. The first kappa shape index (κ1) is 14.7. The van der Waals surface area contributed by atoms with Gasteiger partial charge in [0.15, 0.2) is 0 Å². The number of methoxy groups -OCH3 is 1. The smallest absolute Gasteiger partial charge is 0.292 e. The van der Waals surface area contributed by atoms with E-state index in [1.54, 1.807) is 0 Å². The van der Waals surface area contributed by atoms with Crippen LogP contribution in [0, 0.1) is 17.1 Å². The number of Topliss-reactive ketones (excluding diaryl/α,β-unsaturated/α-hetero) is 1. The van der Waals surface area contributed by atoms with Gasteiger partial charge in [-0.1, -0.05) is 19.7 Å². The van der Waals surface area contributed by atoms with E-state index in [0.29, 0.717) is 18.7 Å². The third kappa shape index (κ3) is 5.55. The van der Waals surface area contributed by atoms with E-state index >= 15 is 0 Å². The molecule has 16 heavy (non-hydrogen) atoms. The zero-order valence-corrected chi connectivity index (χ0v) is 9.94. The molecule has 0 aromatic heterocycles. The van der Waals surface area contributed by atoms with Crippen molar-refractivity contribution in [2.24, 2.45) is 5.92 Å². The second-order valence-corrected chi connectivity index (χ2v) is 3.84. The van der Waals surface area contributed by atoms with E-state index in [4.69, 9.17) is 10.1 Å². The van der Waals surface area contributed by atoms with E-state index in [-0.39, 0.29) is 12.6 Å². The Hall–Kier alpha value is -1.31. The second kappa shape index (κ2) is 8.96. The highest BCUT2D eigenvalue weighted by Crippen LogP contribution is 2.26. The molecule has 1 heterocycles. The van der Waals surface area contributed by atoms with Crippen molar-refractivity contribution in [2.75, 3.05) is 7.11 Å².